The van der Waals surface area contributed by atoms with Gasteiger partial charge in [-0.15, -0.1) is 0 Å². The highest BCUT2D eigenvalue weighted by molar-refractivity contribution is 6.31. The number of carbonyl (C=O) groups is 3. The predicted octanol–water partition coefficient (Wildman–Crippen LogP) is 3.41. The first-order valence-corrected chi connectivity index (χ1v) is 8.19. The van der Waals surface area contributed by atoms with Crippen LogP contribution in [0.4, 0.5) is 5.69 Å². The summed E-state index contributed by atoms with van der Waals surface area (Å²) in [6.07, 6.45) is 0. The zero-order valence-electron chi connectivity index (χ0n) is 14.4. The van der Waals surface area contributed by atoms with E-state index in [0.29, 0.717) is 22.0 Å². The van der Waals surface area contributed by atoms with Crippen LogP contribution < -0.4 is 10.1 Å². The van der Waals surface area contributed by atoms with Crippen molar-refractivity contribution in [3.63, 3.8) is 0 Å². The maximum Gasteiger partial charge on any atom is 0.344 e. The van der Waals surface area contributed by atoms with E-state index in [-0.39, 0.29) is 12.4 Å². The number of ketones is 1. The van der Waals surface area contributed by atoms with Crippen LogP contribution in [0.1, 0.15) is 22.8 Å². The molecule has 0 heterocycles. The second-order valence-corrected chi connectivity index (χ2v) is 5.90. The van der Waals surface area contributed by atoms with Crippen molar-refractivity contribution >= 4 is 34.9 Å². The first-order chi connectivity index (χ1) is 12.4. The average Bonchev–Trinajstić information content (AvgIpc) is 2.62. The number of ether oxygens (including phenoxy) is 2. The Morgan fingerprint density at radius 3 is 2.54 bits per heavy atom. The Labute approximate surface area is 156 Å². The van der Waals surface area contributed by atoms with Gasteiger partial charge in [0.15, 0.2) is 19.0 Å². The monoisotopic (exact) mass is 375 g/mol. The van der Waals surface area contributed by atoms with E-state index in [2.05, 4.69) is 5.32 Å². The van der Waals surface area contributed by atoms with E-state index in [9.17, 15) is 14.4 Å². The Bertz CT molecular complexity index is 834. The lowest BCUT2D eigenvalue weighted by Gasteiger charge is -2.10. The maximum absolute atomic E-state index is 11.9. The number of halogens is 1. The molecule has 26 heavy (non-hydrogen) atoms. The third-order valence-corrected chi connectivity index (χ3v) is 3.91. The van der Waals surface area contributed by atoms with Gasteiger partial charge < -0.3 is 14.8 Å². The van der Waals surface area contributed by atoms with E-state index in [4.69, 9.17) is 21.1 Å². The molecule has 0 unspecified atom stereocenters. The van der Waals surface area contributed by atoms with Crippen molar-refractivity contribution in [1.82, 2.24) is 0 Å². The molecular formula is C19H18ClNO5. The third-order valence-electron chi connectivity index (χ3n) is 3.50. The fourth-order valence-corrected chi connectivity index (χ4v) is 2.24. The van der Waals surface area contributed by atoms with Gasteiger partial charge in [0.05, 0.1) is 0 Å². The molecule has 0 atom stereocenters. The topological polar surface area (TPSA) is 81.7 Å². The summed E-state index contributed by atoms with van der Waals surface area (Å²) in [6.45, 7) is 2.40. The Morgan fingerprint density at radius 1 is 1.08 bits per heavy atom. The van der Waals surface area contributed by atoms with Crippen LogP contribution in [0.5, 0.6) is 5.75 Å². The molecule has 0 saturated carbocycles. The molecule has 0 aliphatic heterocycles. The van der Waals surface area contributed by atoms with Gasteiger partial charge in [0.1, 0.15) is 5.75 Å². The molecule has 6 nitrogen and oxygen atoms in total. The Hall–Kier alpha value is -2.86. The molecule has 0 radical (unpaired) electrons. The van der Waals surface area contributed by atoms with Gasteiger partial charge >= 0.3 is 5.97 Å². The van der Waals surface area contributed by atoms with Gasteiger partial charge in [-0.25, -0.2) is 4.79 Å². The molecule has 2 aromatic rings. The summed E-state index contributed by atoms with van der Waals surface area (Å²) >= 11 is 5.98. The van der Waals surface area contributed by atoms with E-state index >= 15 is 0 Å². The SMILES string of the molecule is CC(=O)c1cccc(OCC(=O)OCC(=O)Nc2cccc(Cl)c2C)c1. The van der Waals surface area contributed by atoms with Gasteiger partial charge in [-0.3, -0.25) is 9.59 Å². The lowest BCUT2D eigenvalue weighted by Crippen LogP contribution is -2.24. The molecule has 0 aliphatic carbocycles. The van der Waals surface area contributed by atoms with Gasteiger partial charge in [-0.05, 0) is 43.7 Å². The van der Waals surface area contributed by atoms with Crippen molar-refractivity contribution < 1.29 is 23.9 Å². The van der Waals surface area contributed by atoms with Crippen molar-refractivity contribution in [1.29, 1.82) is 0 Å². The molecular weight excluding hydrogens is 358 g/mol. The number of esters is 1. The molecule has 1 amide bonds. The lowest BCUT2D eigenvalue weighted by molar-refractivity contribution is -0.149. The van der Waals surface area contributed by atoms with Crippen molar-refractivity contribution in [2.45, 2.75) is 13.8 Å². The molecule has 2 aromatic carbocycles. The second kappa shape index (κ2) is 9.01. The number of hydrogen-bond donors (Lipinski definition) is 1. The third kappa shape index (κ3) is 5.60. The first kappa shape index (κ1) is 19.5. The molecule has 1 N–H and O–H groups in total. The first-order valence-electron chi connectivity index (χ1n) is 7.81. The maximum atomic E-state index is 11.9. The van der Waals surface area contributed by atoms with Crippen molar-refractivity contribution in [3.05, 3.63) is 58.6 Å². The van der Waals surface area contributed by atoms with Crippen LogP contribution in [-0.4, -0.2) is 30.9 Å². The molecule has 0 fully saturated rings. The lowest BCUT2D eigenvalue weighted by atomic mass is 10.1. The number of Topliss-reactive ketones (excluding diaryl/α,β-unsaturated/α-hetero) is 1. The molecule has 0 bridgehead atoms. The summed E-state index contributed by atoms with van der Waals surface area (Å²) in [5.74, 6) is -0.918. The highest BCUT2D eigenvalue weighted by atomic mass is 35.5. The second-order valence-electron chi connectivity index (χ2n) is 5.49. The van der Waals surface area contributed by atoms with Gasteiger partial charge in [-0.1, -0.05) is 29.8 Å². The van der Waals surface area contributed by atoms with Gasteiger partial charge in [-0.2, -0.15) is 0 Å². The molecule has 0 aliphatic rings. The highest BCUT2D eigenvalue weighted by Gasteiger charge is 2.11. The molecule has 7 heteroatoms. The highest BCUT2D eigenvalue weighted by Crippen LogP contribution is 2.22. The summed E-state index contributed by atoms with van der Waals surface area (Å²) < 4.78 is 10.1. The minimum atomic E-state index is -0.698. The van der Waals surface area contributed by atoms with E-state index in [1.165, 1.54) is 13.0 Å². The van der Waals surface area contributed by atoms with E-state index in [1.54, 1.807) is 43.3 Å². The fourth-order valence-electron chi connectivity index (χ4n) is 2.06. The normalized spacial score (nSPS) is 10.1. The molecule has 0 spiro atoms. The Morgan fingerprint density at radius 2 is 1.81 bits per heavy atom. The van der Waals surface area contributed by atoms with Crippen molar-refractivity contribution in [2.75, 3.05) is 18.5 Å². The number of hydrogen-bond acceptors (Lipinski definition) is 5. The zero-order chi connectivity index (χ0) is 19.1. The van der Waals surface area contributed by atoms with E-state index in [1.807, 2.05) is 0 Å². The van der Waals surface area contributed by atoms with Crippen molar-refractivity contribution in [3.8, 4) is 5.75 Å². The van der Waals surface area contributed by atoms with Gasteiger partial charge in [0, 0.05) is 16.3 Å². The molecule has 0 aromatic heterocycles. The quantitative estimate of drug-likeness (QED) is 0.592. The van der Waals surface area contributed by atoms with E-state index in [0.717, 1.165) is 5.56 Å². The zero-order valence-corrected chi connectivity index (χ0v) is 15.1. The molecule has 136 valence electrons. The smallest absolute Gasteiger partial charge is 0.344 e. The number of rotatable bonds is 7. The van der Waals surface area contributed by atoms with Crippen LogP contribution >= 0.6 is 11.6 Å². The van der Waals surface area contributed by atoms with Crippen LogP contribution in [0.3, 0.4) is 0 Å². The number of anilines is 1. The van der Waals surface area contributed by atoms with E-state index < -0.39 is 18.5 Å². The van der Waals surface area contributed by atoms with Crippen LogP contribution in [-0.2, 0) is 14.3 Å². The predicted molar refractivity (Wildman–Crippen MR) is 97.7 cm³/mol. The fraction of sp³-hybridized carbons (Fsp3) is 0.211. The number of carbonyl (C=O) groups excluding carboxylic acids is 3. The molecule has 2 rings (SSSR count). The molecule has 0 saturated heterocycles. The van der Waals surface area contributed by atoms with Gasteiger partial charge in [0.2, 0.25) is 0 Å². The standard InChI is InChI=1S/C19H18ClNO5/c1-12-16(20)7-4-8-17(12)21-18(23)10-26-19(24)11-25-15-6-3-5-14(9-15)13(2)22/h3-9H,10-11H2,1-2H3,(H,21,23). The number of benzene rings is 2. The summed E-state index contributed by atoms with van der Waals surface area (Å²) in [5.41, 5.74) is 1.76. The average molecular weight is 376 g/mol. The summed E-state index contributed by atoms with van der Waals surface area (Å²) in [5, 5.41) is 3.15. The number of nitrogens with one attached hydrogen (secondary N) is 1. The Kier molecular flexibility index (Phi) is 6.74. The van der Waals surface area contributed by atoms with Crippen LogP contribution in [0.15, 0.2) is 42.5 Å². The van der Waals surface area contributed by atoms with Crippen LogP contribution in [0, 0.1) is 6.92 Å². The Balaban J connectivity index is 1.79. The summed E-state index contributed by atoms with van der Waals surface area (Å²) in [6, 6.07) is 11.6. The minimum absolute atomic E-state index is 0.106. The van der Waals surface area contributed by atoms with Crippen LogP contribution in [0.25, 0.3) is 0 Å². The summed E-state index contributed by atoms with van der Waals surface area (Å²) in [7, 11) is 0. The van der Waals surface area contributed by atoms with Crippen molar-refractivity contribution in [2.24, 2.45) is 0 Å². The minimum Gasteiger partial charge on any atom is -0.482 e. The van der Waals surface area contributed by atoms with Crippen LogP contribution in [0.2, 0.25) is 5.02 Å². The largest absolute Gasteiger partial charge is 0.482 e. The summed E-state index contributed by atoms with van der Waals surface area (Å²) in [4.78, 5) is 34.9. The van der Waals surface area contributed by atoms with Gasteiger partial charge in [0.25, 0.3) is 5.91 Å². The number of amides is 1.